The van der Waals surface area contributed by atoms with Gasteiger partial charge in [0.05, 0.1) is 12.3 Å². The predicted molar refractivity (Wildman–Crippen MR) is 195 cm³/mol. The second-order valence-corrected chi connectivity index (χ2v) is 29.0. The lowest BCUT2D eigenvalue weighted by Crippen LogP contribution is -2.67. The number of nitrogens with zero attached hydrogens (tertiary/aromatic N) is 3. The van der Waals surface area contributed by atoms with Crippen LogP contribution in [0.25, 0.3) is 5.52 Å². The van der Waals surface area contributed by atoms with Crippen molar-refractivity contribution in [3.63, 3.8) is 0 Å². The highest BCUT2D eigenvalue weighted by Gasteiger charge is 2.65. The molecule has 0 saturated carbocycles. The molecule has 5 rings (SSSR count). The van der Waals surface area contributed by atoms with Crippen molar-refractivity contribution in [3.05, 3.63) is 60.0 Å². The zero-order valence-corrected chi connectivity index (χ0v) is 33.2. The third kappa shape index (κ3) is 6.61. The minimum Gasteiger partial charge on any atom is -0.414 e. The van der Waals surface area contributed by atoms with Crippen LogP contribution in [0.15, 0.2) is 48.8 Å². The molecule has 4 atom stereocenters. The molecule has 260 valence electrons. The summed E-state index contributed by atoms with van der Waals surface area (Å²) in [6, 6.07) is 12.6. The molecule has 13 heteroatoms. The first-order chi connectivity index (χ1) is 22.4. The molecule has 0 spiro atoms. The van der Waals surface area contributed by atoms with Gasteiger partial charge in [-0.1, -0.05) is 99.2 Å². The van der Waals surface area contributed by atoms with Crippen molar-refractivity contribution in [2.75, 3.05) is 11.9 Å². The summed E-state index contributed by atoms with van der Waals surface area (Å²) in [5.74, 6) is 3.37. The molecular weight excluding hydrogens is 657 g/mol. The molecular formula is C35H52N4O6Si3. The number of rotatable bonds is 7. The summed E-state index contributed by atoms with van der Waals surface area (Å²) in [6.45, 7) is 24.0. The van der Waals surface area contributed by atoms with E-state index in [1.807, 2.05) is 30.3 Å². The Morgan fingerprint density at radius 3 is 2.19 bits per heavy atom. The van der Waals surface area contributed by atoms with E-state index in [1.54, 1.807) is 16.6 Å². The Balaban J connectivity index is 1.65. The Bertz CT molecular complexity index is 1660. The molecule has 1 aromatic carbocycles. The fourth-order valence-electron chi connectivity index (χ4n) is 6.94. The number of aliphatic hydroxyl groups is 1. The second-order valence-electron chi connectivity index (χ2n) is 15.4. The largest absolute Gasteiger partial charge is 0.414 e. The van der Waals surface area contributed by atoms with Crippen molar-refractivity contribution in [3.8, 4) is 11.5 Å². The smallest absolute Gasteiger partial charge is 0.335 e. The molecule has 4 heterocycles. The Morgan fingerprint density at radius 2 is 1.60 bits per heavy atom. The molecule has 0 bridgehead atoms. The predicted octanol–water partition coefficient (Wildman–Crippen LogP) is 6.99. The van der Waals surface area contributed by atoms with Crippen LogP contribution in [0.1, 0.15) is 77.5 Å². The van der Waals surface area contributed by atoms with Crippen LogP contribution in [-0.2, 0) is 17.7 Å². The molecule has 0 radical (unpaired) electrons. The van der Waals surface area contributed by atoms with E-state index in [1.165, 1.54) is 6.33 Å². The van der Waals surface area contributed by atoms with E-state index in [2.05, 4.69) is 102 Å². The monoisotopic (exact) mass is 708 g/mol. The highest BCUT2D eigenvalue weighted by molar-refractivity contribution is 6.84. The first kappa shape index (κ1) is 36.6. The lowest BCUT2D eigenvalue weighted by atomic mass is 9.90. The molecule has 3 aromatic rings. The van der Waals surface area contributed by atoms with Gasteiger partial charge >= 0.3 is 17.1 Å². The summed E-state index contributed by atoms with van der Waals surface area (Å²) in [6.07, 6.45) is -0.999. The average molecular weight is 709 g/mol. The van der Waals surface area contributed by atoms with Crippen LogP contribution < -0.4 is 5.32 Å². The topological polar surface area (TPSA) is 116 Å². The van der Waals surface area contributed by atoms with E-state index in [0.29, 0.717) is 22.6 Å². The number of hydrogen-bond donors (Lipinski definition) is 2. The van der Waals surface area contributed by atoms with Crippen LogP contribution in [-0.4, -0.2) is 75.2 Å². The number of carbonyl (C=O) groups excluding carboxylic acids is 1. The second kappa shape index (κ2) is 13.6. The summed E-state index contributed by atoms with van der Waals surface area (Å²) in [5, 5.41) is 20.4. The summed E-state index contributed by atoms with van der Waals surface area (Å²) in [5.41, 5.74) is 3.79. The summed E-state index contributed by atoms with van der Waals surface area (Å²) >= 11 is 0. The van der Waals surface area contributed by atoms with Crippen LogP contribution in [0.2, 0.25) is 41.8 Å². The fourth-order valence-corrected chi connectivity index (χ4v) is 18.7. The lowest BCUT2D eigenvalue weighted by molar-refractivity contribution is -0.0437. The van der Waals surface area contributed by atoms with E-state index >= 15 is 0 Å². The summed E-state index contributed by atoms with van der Waals surface area (Å²) in [4.78, 5) is 17.4. The van der Waals surface area contributed by atoms with E-state index in [9.17, 15) is 9.90 Å². The van der Waals surface area contributed by atoms with Crippen molar-refractivity contribution in [1.82, 2.24) is 14.6 Å². The van der Waals surface area contributed by atoms with E-state index in [4.69, 9.17) is 17.7 Å². The highest BCUT2D eigenvalue weighted by atomic mass is 28.5. The Labute approximate surface area is 288 Å². The molecule has 2 fully saturated rings. The van der Waals surface area contributed by atoms with Crippen molar-refractivity contribution in [2.24, 2.45) is 0 Å². The van der Waals surface area contributed by atoms with Crippen LogP contribution in [0.4, 0.5) is 5.82 Å². The Hall–Kier alpha value is -2.68. The molecule has 2 aliphatic heterocycles. The molecule has 2 saturated heterocycles. The Kier molecular flexibility index (Phi) is 10.3. The maximum absolute atomic E-state index is 13.1. The zero-order valence-electron chi connectivity index (χ0n) is 30.2. The van der Waals surface area contributed by atoms with Crippen molar-refractivity contribution in [1.29, 1.82) is 0 Å². The van der Waals surface area contributed by atoms with Gasteiger partial charge in [0.15, 0.2) is 11.4 Å². The van der Waals surface area contributed by atoms with Gasteiger partial charge in [0, 0.05) is 5.56 Å². The third-order valence-corrected chi connectivity index (χ3v) is 20.6. The van der Waals surface area contributed by atoms with Crippen molar-refractivity contribution in [2.45, 2.75) is 121 Å². The lowest BCUT2D eigenvalue weighted by Gasteiger charge is -2.52. The minimum absolute atomic E-state index is 0.0649. The highest BCUT2D eigenvalue weighted by Crippen LogP contribution is 2.51. The maximum atomic E-state index is 13.1. The van der Waals surface area contributed by atoms with E-state index in [-0.39, 0.29) is 34.7 Å². The number of amides is 1. The molecule has 2 N–H and O–H groups in total. The number of carbonyl (C=O) groups is 1. The summed E-state index contributed by atoms with van der Waals surface area (Å²) < 4.78 is 30.2. The Morgan fingerprint density at radius 1 is 0.979 bits per heavy atom. The number of benzene rings is 1. The van der Waals surface area contributed by atoms with Crippen molar-refractivity contribution < 1.29 is 27.6 Å². The van der Waals surface area contributed by atoms with Gasteiger partial charge in [0.1, 0.15) is 38.2 Å². The third-order valence-electron chi connectivity index (χ3n) is 9.46. The number of aromatic nitrogens is 3. The molecule has 0 unspecified atom stereocenters. The average Bonchev–Trinajstić information content (AvgIpc) is 3.54. The van der Waals surface area contributed by atoms with Gasteiger partial charge in [-0.25, -0.2) is 9.50 Å². The zero-order chi connectivity index (χ0) is 35.2. The molecule has 2 aromatic heterocycles. The minimum atomic E-state index is -3.10. The SMILES string of the molecule is CC(C)[Si]1(C(C)C)OC[C@H]2O[C@@H](c3ccc4c(NC(=O)c5ccccc5)ncnn34)[C@@](O)(C#C[Si](C)(C)C)[C@@H]2O[Si](C(C)C)(C(C)C)O1. The fraction of sp³-hybridized carbons (Fsp3) is 0.571. The quantitative estimate of drug-likeness (QED) is 0.199. The number of ether oxygens (including phenoxy) is 1. The van der Waals surface area contributed by atoms with Crippen LogP contribution in [0, 0.1) is 11.5 Å². The normalized spacial score (nSPS) is 25.5. The number of anilines is 1. The van der Waals surface area contributed by atoms with Crippen LogP contribution >= 0.6 is 0 Å². The number of fused-ring (bicyclic) bond motifs is 2. The van der Waals surface area contributed by atoms with Gasteiger partial charge in [0.25, 0.3) is 5.91 Å². The number of nitrogens with one attached hydrogen (secondary N) is 1. The van der Waals surface area contributed by atoms with Gasteiger partial charge in [-0.2, -0.15) is 5.10 Å². The molecule has 1 amide bonds. The molecule has 2 aliphatic rings. The van der Waals surface area contributed by atoms with Gasteiger partial charge in [-0.15, -0.1) is 5.54 Å². The van der Waals surface area contributed by atoms with Gasteiger partial charge in [-0.3, -0.25) is 4.79 Å². The van der Waals surface area contributed by atoms with Gasteiger partial charge in [-0.05, 0) is 46.4 Å². The first-order valence-corrected chi connectivity index (χ1v) is 24.5. The molecule has 10 nitrogen and oxygen atoms in total. The van der Waals surface area contributed by atoms with Crippen LogP contribution in [0.3, 0.4) is 0 Å². The maximum Gasteiger partial charge on any atom is 0.335 e. The van der Waals surface area contributed by atoms with E-state index in [0.717, 1.165) is 0 Å². The standard InChI is InChI=1S/C35H52N4O6Si3/c1-23(2)47(24(3)4)42-21-30-32(44-48(45-47,25(5)6)26(7)8)35(41,19-20-46(9,10)11)31(43-30)28-17-18-29-33(36-22-37-39(28)29)38-34(40)27-15-13-12-14-16-27/h12-18,22-26,30-32,41H,21H2,1-11H3,(H,36,37,38,40)/t30-,31+,32-,35+/m1/s1. The molecule has 0 aliphatic carbocycles. The van der Waals surface area contributed by atoms with Crippen LogP contribution in [0.5, 0.6) is 0 Å². The van der Waals surface area contributed by atoms with Gasteiger partial charge in [0.2, 0.25) is 0 Å². The number of hydrogen-bond acceptors (Lipinski definition) is 8. The first-order valence-electron chi connectivity index (χ1n) is 17.1. The van der Waals surface area contributed by atoms with Gasteiger partial charge < -0.3 is 28.1 Å². The molecule has 48 heavy (non-hydrogen) atoms. The van der Waals surface area contributed by atoms with E-state index < -0.39 is 49.1 Å². The van der Waals surface area contributed by atoms with Crippen molar-refractivity contribution >= 4 is 42.4 Å². The summed E-state index contributed by atoms with van der Waals surface area (Å²) in [7, 11) is -7.90.